The van der Waals surface area contributed by atoms with Crippen LogP contribution in [0.15, 0.2) is 61.2 Å². The van der Waals surface area contributed by atoms with E-state index in [9.17, 15) is 0 Å². The van der Waals surface area contributed by atoms with Crippen molar-refractivity contribution in [3.63, 3.8) is 0 Å². The van der Waals surface area contributed by atoms with E-state index in [1.807, 2.05) is 36.4 Å². The number of benzene rings is 1. The summed E-state index contributed by atoms with van der Waals surface area (Å²) in [6.07, 6.45) is 7.85. The standard InChI is InChI=1S/C26H30N8O2/c1-35-22-14-19(16-28-17-22)25-30-18-24(32-25)23-6-7-29-26(33-23)31-20-4-2-5-21(15-20)36-13-3-10-34-11-8-27-9-12-34/h2,4-7,14-18,27H,3,8-13H2,1H3,(H,30,32)(H,29,31,33). The van der Waals surface area contributed by atoms with Gasteiger partial charge in [-0.1, -0.05) is 6.07 Å². The number of imidazole rings is 1. The predicted octanol–water partition coefficient (Wildman–Crippen LogP) is 3.36. The smallest absolute Gasteiger partial charge is 0.227 e. The molecule has 5 rings (SSSR count). The molecule has 0 radical (unpaired) electrons. The Labute approximate surface area is 210 Å². The van der Waals surface area contributed by atoms with E-state index in [4.69, 9.17) is 9.47 Å². The van der Waals surface area contributed by atoms with E-state index in [-0.39, 0.29) is 0 Å². The molecule has 1 fully saturated rings. The van der Waals surface area contributed by atoms with Crippen LogP contribution in [0.3, 0.4) is 0 Å². The molecule has 0 amide bonds. The van der Waals surface area contributed by atoms with E-state index in [2.05, 4.69) is 40.5 Å². The molecule has 10 nitrogen and oxygen atoms in total. The fourth-order valence-electron chi connectivity index (χ4n) is 4.03. The molecule has 0 unspecified atom stereocenters. The summed E-state index contributed by atoms with van der Waals surface area (Å²) in [6.45, 7) is 6.10. The third kappa shape index (κ3) is 6.15. The van der Waals surface area contributed by atoms with Gasteiger partial charge in [0, 0.05) is 62.4 Å². The van der Waals surface area contributed by atoms with Crippen molar-refractivity contribution < 1.29 is 9.47 Å². The maximum Gasteiger partial charge on any atom is 0.227 e. The van der Waals surface area contributed by atoms with Gasteiger partial charge in [-0.25, -0.2) is 15.0 Å². The van der Waals surface area contributed by atoms with Gasteiger partial charge in [0.2, 0.25) is 5.95 Å². The number of piperazine rings is 1. The lowest BCUT2D eigenvalue weighted by Crippen LogP contribution is -2.43. The highest BCUT2D eigenvalue weighted by Gasteiger charge is 2.10. The molecule has 4 aromatic rings. The van der Waals surface area contributed by atoms with Gasteiger partial charge in [-0.05, 0) is 30.7 Å². The number of aromatic amines is 1. The summed E-state index contributed by atoms with van der Waals surface area (Å²) in [5.74, 6) is 2.67. The Hall–Kier alpha value is -4.02. The summed E-state index contributed by atoms with van der Waals surface area (Å²) < 4.78 is 11.2. The maximum atomic E-state index is 5.98. The number of rotatable bonds is 10. The number of hydrogen-bond acceptors (Lipinski definition) is 9. The highest BCUT2D eigenvalue weighted by molar-refractivity contribution is 5.64. The lowest BCUT2D eigenvalue weighted by molar-refractivity contribution is 0.214. The first kappa shape index (κ1) is 23.7. The monoisotopic (exact) mass is 486 g/mol. The quantitative estimate of drug-likeness (QED) is 0.290. The van der Waals surface area contributed by atoms with E-state index < -0.39 is 0 Å². The predicted molar refractivity (Wildman–Crippen MR) is 139 cm³/mol. The Bertz CT molecular complexity index is 1270. The number of ether oxygens (including phenoxy) is 2. The summed E-state index contributed by atoms with van der Waals surface area (Å²) in [5.41, 5.74) is 3.19. The Morgan fingerprint density at radius 2 is 1.94 bits per heavy atom. The topological polar surface area (TPSA) is 113 Å². The second kappa shape index (κ2) is 11.6. The number of pyridine rings is 1. The molecule has 1 aliphatic heterocycles. The number of nitrogens with zero attached hydrogens (tertiary/aromatic N) is 5. The molecule has 10 heteroatoms. The van der Waals surface area contributed by atoms with E-state index in [0.29, 0.717) is 24.1 Å². The fraction of sp³-hybridized carbons (Fsp3) is 0.308. The normalized spacial score (nSPS) is 13.9. The van der Waals surface area contributed by atoms with Crippen molar-refractivity contribution in [1.29, 1.82) is 0 Å². The van der Waals surface area contributed by atoms with E-state index >= 15 is 0 Å². The molecule has 0 spiro atoms. The summed E-state index contributed by atoms with van der Waals surface area (Å²) in [4.78, 5) is 23.5. The van der Waals surface area contributed by atoms with Gasteiger partial charge in [0.05, 0.1) is 37.5 Å². The second-order valence-corrected chi connectivity index (χ2v) is 8.47. The van der Waals surface area contributed by atoms with Crippen LogP contribution in [0.4, 0.5) is 11.6 Å². The van der Waals surface area contributed by atoms with E-state index in [0.717, 1.165) is 67.5 Å². The summed E-state index contributed by atoms with van der Waals surface area (Å²) >= 11 is 0. The number of H-pyrrole nitrogens is 1. The molecular weight excluding hydrogens is 456 g/mol. The van der Waals surface area contributed by atoms with Crippen LogP contribution in [-0.2, 0) is 0 Å². The zero-order valence-electron chi connectivity index (χ0n) is 20.3. The Morgan fingerprint density at radius 3 is 2.83 bits per heavy atom. The Morgan fingerprint density at radius 1 is 1.03 bits per heavy atom. The maximum absolute atomic E-state index is 5.98. The van der Waals surface area contributed by atoms with Crippen LogP contribution in [0.1, 0.15) is 6.42 Å². The summed E-state index contributed by atoms with van der Waals surface area (Å²) in [7, 11) is 1.61. The van der Waals surface area contributed by atoms with Crippen molar-refractivity contribution in [2.45, 2.75) is 6.42 Å². The van der Waals surface area contributed by atoms with E-state index in [1.165, 1.54) is 0 Å². The van der Waals surface area contributed by atoms with Gasteiger partial charge in [-0.15, -0.1) is 0 Å². The first-order valence-electron chi connectivity index (χ1n) is 12.1. The zero-order valence-corrected chi connectivity index (χ0v) is 20.3. The van der Waals surface area contributed by atoms with Gasteiger partial charge in [0.25, 0.3) is 0 Å². The molecular formula is C26H30N8O2. The minimum atomic E-state index is 0.488. The number of anilines is 2. The number of nitrogens with one attached hydrogen (secondary N) is 3. The molecule has 1 saturated heterocycles. The number of methoxy groups -OCH3 is 1. The highest BCUT2D eigenvalue weighted by atomic mass is 16.5. The second-order valence-electron chi connectivity index (χ2n) is 8.47. The largest absolute Gasteiger partial charge is 0.495 e. The molecule has 186 valence electrons. The van der Waals surface area contributed by atoms with Crippen molar-refractivity contribution >= 4 is 11.6 Å². The number of hydrogen-bond donors (Lipinski definition) is 3. The van der Waals surface area contributed by atoms with Crippen LogP contribution in [0.25, 0.3) is 22.8 Å². The molecule has 0 saturated carbocycles. The van der Waals surface area contributed by atoms with Crippen LogP contribution in [-0.4, -0.2) is 76.3 Å². The molecule has 4 heterocycles. The lowest BCUT2D eigenvalue weighted by atomic mass is 10.2. The third-order valence-electron chi connectivity index (χ3n) is 5.92. The van der Waals surface area contributed by atoms with Crippen molar-refractivity contribution in [1.82, 2.24) is 35.1 Å². The molecule has 0 atom stereocenters. The van der Waals surface area contributed by atoms with Gasteiger partial charge in [0.1, 0.15) is 17.3 Å². The molecule has 3 N–H and O–H groups in total. The van der Waals surface area contributed by atoms with Gasteiger partial charge in [0.15, 0.2) is 0 Å². The first-order valence-corrected chi connectivity index (χ1v) is 12.1. The van der Waals surface area contributed by atoms with Gasteiger partial charge in [-0.2, -0.15) is 0 Å². The van der Waals surface area contributed by atoms with Crippen molar-refractivity contribution in [2.75, 3.05) is 51.8 Å². The van der Waals surface area contributed by atoms with Crippen LogP contribution in [0.2, 0.25) is 0 Å². The fourth-order valence-corrected chi connectivity index (χ4v) is 4.03. The van der Waals surface area contributed by atoms with Crippen LogP contribution in [0.5, 0.6) is 11.5 Å². The molecule has 0 aliphatic carbocycles. The van der Waals surface area contributed by atoms with Crippen molar-refractivity contribution in [2.24, 2.45) is 0 Å². The van der Waals surface area contributed by atoms with Gasteiger partial charge in [-0.3, -0.25) is 4.98 Å². The minimum absolute atomic E-state index is 0.488. The molecule has 1 aliphatic rings. The Balaban J connectivity index is 1.20. The third-order valence-corrected chi connectivity index (χ3v) is 5.92. The molecule has 36 heavy (non-hydrogen) atoms. The zero-order chi connectivity index (χ0) is 24.6. The summed E-state index contributed by atoms with van der Waals surface area (Å²) in [5, 5.41) is 6.65. The van der Waals surface area contributed by atoms with Crippen molar-refractivity contribution in [3.05, 3.63) is 61.2 Å². The SMILES string of the molecule is COc1cncc(-c2ncc(-c3ccnc(Nc4cccc(OCCCN5CCNCC5)c4)n3)[nH]2)c1. The van der Waals surface area contributed by atoms with Crippen molar-refractivity contribution in [3.8, 4) is 34.3 Å². The van der Waals surface area contributed by atoms with Crippen LogP contribution in [0, 0.1) is 0 Å². The van der Waals surface area contributed by atoms with Crippen LogP contribution >= 0.6 is 0 Å². The van der Waals surface area contributed by atoms with Gasteiger partial charge >= 0.3 is 0 Å². The summed E-state index contributed by atoms with van der Waals surface area (Å²) in [6, 6.07) is 11.6. The first-order chi connectivity index (χ1) is 17.8. The highest BCUT2D eigenvalue weighted by Crippen LogP contribution is 2.25. The number of aromatic nitrogens is 5. The molecule has 3 aromatic heterocycles. The average molecular weight is 487 g/mol. The molecule has 1 aromatic carbocycles. The van der Waals surface area contributed by atoms with E-state index in [1.54, 1.807) is 31.9 Å². The lowest BCUT2D eigenvalue weighted by Gasteiger charge is -2.26. The average Bonchev–Trinajstić information content (AvgIpc) is 3.43. The van der Waals surface area contributed by atoms with Crippen LogP contribution < -0.4 is 20.1 Å². The van der Waals surface area contributed by atoms with Gasteiger partial charge < -0.3 is 30.0 Å². The minimum Gasteiger partial charge on any atom is -0.495 e. The molecule has 0 bridgehead atoms. The Kier molecular flexibility index (Phi) is 7.64.